The first kappa shape index (κ1) is 26.0. The number of benzene rings is 4. The first-order valence-electron chi connectivity index (χ1n) is 12.6. The van der Waals surface area contributed by atoms with Gasteiger partial charge in [0.05, 0.1) is 11.1 Å². The van der Waals surface area contributed by atoms with E-state index in [-0.39, 0.29) is 5.41 Å². The maximum Gasteiger partial charge on any atom is 0.343 e. The molecule has 0 unspecified atom stereocenters. The Hall–Kier alpha value is -3.60. The highest BCUT2D eigenvalue weighted by Crippen LogP contribution is 2.45. The number of esters is 2. The summed E-state index contributed by atoms with van der Waals surface area (Å²) >= 11 is 12.0. The van der Waals surface area contributed by atoms with Gasteiger partial charge >= 0.3 is 11.9 Å². The number of rotatable bonds is 6. The van der Waals surface area contributed by atoms with E-state index in [1.807, 2.05) is 48.5 Å². The molecule has 4 nitrogen and oxygen atoms in total. The zero-order valence-corrected chi connectivity index (χ0v) is 22.2. The van der Waals surface area contributed by atoms with E-state index in [9.17, 15) is 9.59 Å². The molecule has 1 fully saturated rings. The molecule has 0 N–H and O–H groups in total. The van der Waals surface area contributed by atoms with Crippen LogP contribution < -0.4 is 9.47 Å². The molecule has 4 aromatic carbocycles. The lowest BCUT2D eigenvalue weighted by Gasteiger charge is -2.38. The highest BCUT2D eigenvalue weighted by atomic mass is 35.5. The van der Waals surface area contributed by atoms with Gasteiger partial charge in [-0.1, -0.05) is 78.9 Å². The summed E-state index contributed by atoms with van der Waals surface area (Å²) in [6.45, 7) is 0. The van der Waals surface area contributed by atoms with Gasteiger partial charge in [0.1, 0.15) is 11.5 Å². The van der Waals surface area contributed by atoms with Crippen LogP contribution in [0.4, 0.5) is 0 Å². The Kier molecular flexibility index (Phi) is 7.82. The Morgan fingerprint density at radius 2 is 1.00 bits per heavy atom. The highest BCUT2D eigenvalue weighted by molar-refractivity contribution is 6.31. The van der Waals surface area contributed by atoms with E-state index in [2.05, 4.69) is 0 Å². The van der Waals surface area contributed by atoms with Crippen LogP contribution in [0.25, 0.3) is 0 Å². The van der Waals surface area contributed by atoms with E-state index >= 15 is 0 Å². The second kappa shape index (κ2) is 11.4. The van der Waals surface area contributed by atoms with E-state index in [1.54, 1.807) is 48.5 Å². The summed E-state index contributed by atoms with van der Waals surface area (Å²) in [5, 5.41) is 0.971. The maximum absolute atomic E-state index is 12.5. The van der Waals surface area contributed by atoms with Crippen LogP contribution in [0.2, 0.25) is 10.0 Å². The fraction of sp³-hybridized carbons (Fsp3) is 0.188. The molecule has 0 amide bonds. The van der Waals surface area contributed by atoms with Crippen molar-refractivity contribution in [2.75, 3.05) is 0 Å². The molecule has 38 heavy (non-hydrogen) atoms. The summed E-state index contributed by atoms with van der Waals surface area (Å²) in [5.74, 6) is 0.0620. The summed E-state index contributed by atoms with van der Waals surface area (Å²) in [4.78, 5) is 25.1. The van der Waals surface area contributed by atoms with Gasteiger partial charge < -0.3 is 9.47 Å². The standard InChI is InChI=1S/C32H26Cl2O4/c33-26-8-4-6-22(20-26)30(35)37-28-14-10-24(11-15-28)32(18-2-1-3-19-32)25-12-16-29(17-13-25)38-31(36)23-7-5-9-27(34)21-23/h4-17,20-21H,1-3,18-19H2. The molecule has 5 rings (SSSR count). The molecule has 192 valence electrons. The number of hydrogen-bond donors (Lipinski definition) is 0. The molecule has 1 aliphatic carbocycles. The molecular weight excluding hydrogens is 519 g/mol. The van der Waals surface area contributed by atoms with Crippen LogP contribution in [0.3, 0.4) is 0 Å². The molecule has 0 aliphatic heterocycles. The number of carbonyl (C=O) groups is 2. The largest absolute Gasteiger partial charge is 0.423 e. The summed E-state index contributed by atoms with van der Waals surface area (Å²) in [7, 11) is 0. The van der Waals surface area contributed by atoms with E-state index in [0.29, 0.717) is 32.7 Å². The van der Waals surface area contributed by atoms with Gasteiger partial charge in [-0.3, -0.25) is 0 Å². The topological polar surface area (TPSA) is 52.6 Å². The average molecular weight is 545 g/mol. The van der Waals surface area contributed by atoms with Crippen molar-refractivity contribution in [3.05, 3.63) is 129 Å². The van der Waals surface area contributed by atoms with Gasteiger partial charge in [0, 0.05) is 15.5 Å². The number of carbonyl (C=O) groups excluding carboxylic acids is 2. The summed E-state index contributed by atoms with van der Waals surface area (Å²) in [5.41, 5.74) is 2.98. The van der Waals surface area contributed by atoms with Crippen LogP contribution in [0.1, 0.15) is 63.9 Å². The highest BCUT2D eigenvalue weighted by Gasteiger charge is 2.35. The molecule has 6 heteroatoms. The van der Waals surface area contributed by atoms with Gasteiger partial charge in [-0.05, 0) is 84.6 Å². The predicted molar refractivity (Wildman–Crippen MR) is 150 cm³/mol. The van der Waals surface area contributed by atoms with Crippen LogP contribution in [-0.4, -0.2) is 11.9 Å². The fourth-order valence-electron chi connectivity index (χ4n) is 5.15. The van der Waals surface area contributed by atoms with Crippen molar-refractivity contribution in [3.8, 4) is 11.5 Å². The van der Waals surface area contributed by atoms with Crippen molar-refractivity contribution >= 4 is 35.1 Å². The minimum absolute atomic E-state index is 0.163. The van der Waals surface area contributed by atoms with Crippen LogP contribution >= 0.6 is 23.2 Å². The lowest BCUT2D eigenvalue weighted by Crippen LogP contribution is -2.30. The zero-order chi connectivity index (χ0) is 26.5. The lowest BCUT2D eigenvalue weighted by molar-refractivity contribution is 0.0725. The van der Waals surface area contributed by atoms with Crippen molar-refractivity contribution in [1.82, 2.24) is 0 Å². The van der Waals surface area contributed by atoms with Crippen molar-refractivity contribution in [1.29, 1.82) is 0 Å². The molecule has 1 saturated carbocycles. The Labute approximate surface area is 232 Å². The van der Waals surface area contributed by atoms with Crippen LogP contribution in [-0.2, 0) is 5.41 Å². The molecule has 0 aromatic heterocycles. The molecule has 0 bridgehead atoms. The van der Waals surface area contributed by atoms with Crippen molar-refractivity contribution in [3.63, 3.8) is 0 Å². The third-order valence-electron chi connectivity index (χ3n) is 7.06. The zero-order valence-electron chi connectivity index (χ0n) is 20.7. The van der Waals surface area contributed by atoms with E-state index in [4.69, 9.17) is 32.7 Å². The minimum Gasteiger partial charge on any atom is -0.423 e. The Bertz CT molecular complexity index is 1330. The average Bonchev–Trinajstić information content (AvgIpc) is 2.94. The Balaban J connectivity index is 1.34. The molecule has 0 heterocycles. The lowest BCUT2D eigenvalue weighted by atomic mass is 9.65. The third kappa shape index (κ3) is 5.77. The number of halogens is 2. The predicted octanol–water partition coefficient (Wildman–Crippen LogP) is 8.68. The van der Waals surface area contributed by atoms with Gasteiger partial charge in [0.2, 0.25) is 0 Å². The van der Waals surface area contributed by atoms with Gasteiger partial charge in [0.15, 0.2) is 0 Å². The molecule has 4 aromatic rings. The first-order valence-corrected chi connectivity index (χ1v) is 13.4. The maximum atomic E-state index is 12.5. The number of ether oxygens (including phenoxy) is 2. The quantitative estimate of drug-likeness (QED) is 0.180. The van der Waals surface area contributed by atoms with E-state index in [0.717, 1.165) is 25.7 Å². The molecule has 0 atom stereocenters. The number of hydrogen-bond acceptors (Lipinski definition) is 4. The van der Waals surface area contributed by atoms with Gasteiger partial charge in [-0.25, -0.2) is 9.59 Å². The smallest absolute Gasteiger partial charge is 0.343 e. The molecule has 0 spiro atoms. The summed E-state index contributed by atoms with van der Waals surface area (Å²) < 4.78 is 11.2. The van der Waals surface area contributed by atoms with Gasteiger partial charge in [-0.2, -0.15) is 0 Å². The molecule has 0 radical (unpaired) electrons. The summed E-state index contributed by atoms with van der Waals surface area (Å²) in [6.07, 6.45) is 5.47. The van der Waals surface area contributed by atoms with Crippen LogP contribution in [0, 0.1) is 0 Å². The second-order valence-corrected chi connectivity index (χ2v) is 10.4. The SMILES string of the molecule is O=C(Oc1ccc(C2(c3ccc(OC(=O)c4cccc(Cl)c4)cc3)CCCCC2)cc1)c1cccc(Cl)c1. The normalized spacial score (nSPS) is 14.5. The van der Waals surface area contributed by atoms with E-state index in [1.165, 1.54) is 17.5 Å². The molecular formula is C32H26Cl2O4. The van der Waals surface area contributed by atoms with Crippen molar-refractivity contribution in [2.24, 2.45) is 0 Å². The fourth-order valence-corrected chi connectivity index (χ4v) is 5.53. The van der Waals surface area contributed by atoms with Crippen LogP contribution in [0.15, 0.2) is 97.1 Å². The van der Waals surface area contributed by atoms with Gasteiger partial charge in [-0.15, -0.1) is 0 Å². The van der Waals surface area contributed by atoms with Gasteiger partial charge in [0.25, 0.3) is 0 Å². The second-order valence-electron chi connectivity index (χ2n) is 9.49. The van der Waals surface area contributed by atoms with E-state index < -0.39 is 11.9 Å². The molecule has 1 aliphatic rings. The van der Waals surface area contributed by atoms with Crippen molar-refractivity contribution in [2.45, 2.75) is 37.5 Å². The third-order valence-corrected chi connectivity index (χ3v) is 7.53. The van der Waals surface area contributed by atoms with Crippen molar-refractivity contribution < 1.29 is 19.1 Å². The van der Waals surface area contributed by atoms with Crippen LogP contribution in [0.5, 0.6) is 11.5 Å². The monoisotopic (exact) mass is 544 g/mol. The summed E-state index contributed by atoms with van der Waals surface area (Å²) in [6, 6.07) is 28.9. The Morgan fingerprint density at radius 1 is 0.579 bits per heavy atom. The molecule has 0 saturated heterocycles. The minimum atomic E-state index is -0.449. The Morgan fingerprint density at radius 3 is 1.39 bits per heavy atom. The first-order chi connectivity index (χ1) is 18.4.